The van der Waals surface area contributed by atoms with E-state index in [4.69, 9.17) is 5.11 Å². The number of halogens is 1. The molecule has 0 bridgehead atoms. The van der Waals surface area contributed by atoms with Crippen molar-refractivity contribution in [2.45, 2.75) is 20.8 Å². The maximum absolute atomic E-state index is 10.7. The SMILES string of the molecule is Cc1cc(C)c(C(=O)O)c(C)n1.Cl. The third kappa shape index (κ3) is 2.42. The quantitative estimate of drug-likeness (QED) is 0.757. The van der Waals surface area contributed by atoms with Crippen molar-refractivity contribution in [2.75, 3.05) is 0 Å². The highest BCUT2D eigenvalue weighted by atomic mass is 35.5. The largest absolute Gasteiger partial charge is 0.478 e. The smallest absolute Gasteiger partial charge is 0.337 e. The second kappa shape index (κ2) is 4.23. The molecule has 0 aliphatic rings. The van der Waals surface area contributed by atoms with Gasteiger partial charge in [0.1, 0.15) is 0 Å². The van der Waals surface area contributed by atoms with E-state index in [0.717, 1.165) is 11.3 Å². The van der Waals surface area contributed by atoms with Crippen LogP contribution in [0, 0.1) is 20.8 Å². The lowest BCUT2D eigenvalue weighted by atomic mass is 10.1. The molecule has 13 heavy (non-hydrogen) atoms. The Hall–Kier alpha value is -1.09. The number of rotatable bonds is 1. The van der Waals surface area contributed by atoms with Crippen molar-refractivity contribution in [3.05, 3.63) is 28.6 Å². The minimum atomic E-state index is -0.905. The van der Waals surface area contributed by atoms with Crippen LogP contribution in [0.3, 0.4) is 0 Å². The standard InChI is InChI=1S/C9H11NO2.ClH/c1-5-4-6(2)10-7(3)8(5)9(11)12;/h4H,1-3H3,(H,11,12);1H. The summed E-state index contributed by atoms with van der Waals surface area (Å²) in [7, 11) is 0. The molecule has 0 aliphatic heterocycles. The number of aromatic nitrogens is 1. The minimum absolute atomic E-state index is 0. The second-order valence-electron chi connectivity index (χ2n) is 2.85. The first-order chi connectivity index (χ1) is 5.52. The van der Waals surface area contributed by atoms with Crippen LogP contribution in [-0.4, -0.2) is 16.1 Å². The molecule has 0 unspecified atom stereocenters. The second-order valence-corrected chi connectivity index (χ2v) is 2.85. The lowest BCUT2D eigenvalue weighted by Gasteiger charge is -2.04. The van der Waals surface area contributed by atoms with E-state index in [1.165, 1.54) is 0 Å². The van der Waals surface area contributed by atoms with Gasteiger partial charge in [0, 0.05) is 5.69 Å². The Morgan fingerprint density at radius 3 is 2.31 bits per heavy atom. The Balaban J connectivity index is 0.00000144. The highest BCUT2D eigenvalue weighted by Crippen LogP contribution is 2.12. The van der Waals surface area contributed by atoms with Gasteiger partial charge in [0.05, 0.1) is 11.3 Å². The number of pyridine rings is 1. The van der Waals surface area contributed by atoms with Crippen molar-refractivity contribution in [3.63, 3.8) is 0 Å². The number of aryl methyl sites for hydroxylation is 3. The fourth-order valence-corrected chi connectivity index (χ4v) is 1.35. The first-order valence-corrected chi connectivity index (χ1v) is 3.70. The van der Waals surface area contributed by atoms with Crippen LogP contribution in [0.1, 0.15) is 27.3 Å². The summed E-state index contributed by atoms with van der Waals surface area (Å²) in [4.78, 5) is 14.8. The lowest BCUT2D eigenvalue weighted by molar-refractivity contribution is 0.0695. The van der Waals surface area contributed by atoms with Crippen molar-refractivity contribution in [2.24, 2.45) is 0 Å². The Bertz CT molecular complexity index is 313. The summed E-state index contributed by atoms with van der Waals surface area (Å²) in [5.41, 5.74) is 2.53. The van der Waals surface area contributed by atoms with E-state index < -0.39 is 5.97 Å². The number of carbonyl (C=O) groups is 1. The van der Waals surface area contributed by atoms with Gasteiger partial charge in [-0.25, -0.2) is 4.79 Å². The molecule has 0 amide bonds. The molecule has 0 spiro atoms. The van der Waals surface area contributed by atoms with E-state index in [9.17, 15) is 4.79 Å². The Labute approximate surface area is 83.2 Å². The fraction of sp³-hybridized carbons (Fsp3) is 0.333. The first kappa shape index (κ1) is 11.9. The average molecular weight is 202 g/mol. The summed E-state index contributed by atoms with van der Waals surface area (Å²) >= 11 is 0. The van der Waals surface area contributed by atoms with Crippen LogP contribution >= 0.6 is 12.4 Å². The fourth-order valence-electron chi connectivity index (χ4n) is 1.35. The molecule has 3 nitrogen and oxygen atoms in total. The summed E-state index contributed by atoms with van der Waals surface area (Å²) in [5.74, 6) is -0.905. The third-order valence-corrected chi connectivity index (χ3v) is 1.74. The number of carboxylic acids is 1. The molecule has 0 saturated carbocycles. The van der Waals surface area contributed by atoms with Crippen molar-refractivity contribution in [1.82, 2.24) is 4.98 Å². The molecule has 1 rings (SSSR count). The molecule has 1 aromatic heterocycles. The summed E-state index contributed by atoms with van der Waals surface area (Å²) in [6.45, 7) is 5.35. The van der Waals surface area contributed by atoms with Crippen molar-refractivity contribution >= 4 is 18.4 Å². The van der Waals surface area contributed by atoms with Gasteiger partial charge in [-0.05, 0) is 32.4 Å². The lowest BCUT2D eigenvalue weighted by Crippen LogP contribution is -2.05. The number of aromatic carboxylic acids is 1. The number of hydrogen-bond donors (Lipinski definition) is 1. The van der Waals surface area contributed by atoms with Gasteiger partial charge in [-0.1, -0.05) is 0 Å². The molecule has 4 heteroatoms. The van der Waals surface area contributed by atoms with Crippen LogP contribution in [0.25, 0.3) is 0 Å². The van der Waals surface area contributed by atoms with E-state index in [2.05, 4.69) is 4.98 Å². The predicted octanol–water partition coefficient (Wildman–Crippen LogP) is 2.13. The zero-order valence-electron chi connectivity index (χ0n) is 7.79. The molecule has 0 fully saturated rings. The predicted molar refractivity (Wildman–Crippen MR) is 52.7 cm³/mol. The molecule has 1 aromatic rings. The van der Waals surface area contributed by atoms with E-state index >= 15 is 0 Å². The van der Waals surface area contributed by atoms with Gasteiger partial charge >= 0.3 is 5.97 Å². The Morgan fingerprint density at radius 2 is 1.92 bits per heavy atom. The van der Waals surface area contributed by atoms with Gasteiger partial charge in [-0.15, -0.1) is 12.4 Å². The van der Waals surface area contributed by atoms with E-state index in [1.54, 1.807) is 19.9 Å². The molecule has 72 valence electrons. The monoisotopic (exact) mass is 201 g/mol. The van der Waals surface area contributed by atoms with Crippen LogP contribution in [0.2, 0.25) is 0 Å². The topological polar surface area (TPSA) is 50.2 Å². The highest BCUT2D eigenvalue weighted by molar-refractivity contribution is 5.90. The van der Waals surface area contributed by atoms with E-state index in [1.807, 2.05) is 6.92 Å². The van der Waals surface area contributed by atoms with Crippen molar-refractivity contribution < 1.29 is 9.90 Å². The normalized spacial score (nSPS) is 9.15. The van der Waals surface area contributed by atoms with Crippen molar-refractivity contribution in [3.8, 4) is 0 Å². The van der Waals surface area contributed by atoms with Crippen molar-refractivity contribution in [1.29, 1.82) is 0 Å². The van der Waals surface area contributed by atoms with Gasteiger partial charge in [-0.2, -0.15) is 0 Å². The zero-order chi connectivity index (χ0) is 9.30. The molecular formula is C9H12ClNO2. The van der Waals surface area contributed by atoms with Gasteiger partial charge in [0.2, 0.25) is 0 Å². The Morgan fingerprint density at radius 1 is 1.38 bits per heavy atom. The molecule has 0 saturated heterocycles. The maximum Gasteiger partial charge on any atom is 0.337 e. The molecule has 1 N–H and O–H groups in total. The molecule has 1 heterocycles. The third-order valence-electron chi connectivity index (χ3n) is 1.74. The number of nitrogens with zero attached hydrogens (tertiary/aromatic N) is 1. The highest BCUT2D eigenvalue weighted by Gasteiger charge is 2.11. The Kier molecular flexibility index (Phi) is 3.88. The van der Waals surface area contributed by atoms with Crippen LogP contribution in [0.5, 0.6) is 0 Å². The summed E-state index contributed by atoms with van der Waals surface area (Å²) in [6.07, 6.45) is 0. The summed E-state index contributed by atoms with van der Waals surface area (Å²) < 4.78 is 0. The average Bonchev–Trinajstić information content (AvgIpc) is 1.82. The summed E-state index contributed by atoms with van der Waals surface area (Å²) in [5, 5.41) is 8.80. The first-order valence-electron chi connectivity index (χ1n) is 3.70. The molecular weight excluding hydrogens is 190 g/mol. The number of hydrogen-bond acceptors (Lipinski definition) is 2. The molecule has 0 radical (unpaired) electrons. The maximum atomic E-state index is 10.7. The molecule has 0 aromatic carbocycles. The van der Waals surface area contributed by atoms with Gasteiger partial charge in [-0.3, -0.25) is 4.98 Å². The number of carboxylic acid groups (broad SMARTS) is 1. The van der Waals surface area contributed by atoms with E-state index in [-0.39, 0.29) is 12.4 Å². The van der Waals surface area contributed by atoms with Gasteiger partial charge < -0.3 is 5.11 Å². The van der Waals surface area contributed by atoms with Crippen LogP contribution in [0.15, 0.2) is 6.07 Å². The summed E-state index contributed by atoms with van der Waals surface area (Å²) in [6, 6.07) is 1.77. The molecule has 0 atom stereocenters. The zero-order valence-corrected chi connectivity index (χ0v) is 8.60. The minimum Gasteiger partial charge on any atom is -0.478 e. The van der Waals surface area contributed by atoms with Crippen LogP contribution in [-0.2, 0) is 0 Å². The van der Waals surface area contributed by atoms with Gasteiger partial charge in [0.15, 0.2) is 0 Å². The molecule has 0 aliphatic carbocycles. The van der Waals surface area contributed by atoms with Gasteiger partial charge in [0.25, 0.3) is 0 Å². The van der Waals surface area contributed by atoms with Crippen LogP contribution < -0.4 is 0 Å². The van der Waals surface area contributed by atoms with Crippen LogP contribution in [0.4, 0.5) is 0 Å². The van der Waals surface area contributed by atoms with E-state index in [0.29, 0.717) is 11.3 Å².